The molecule has 0 spiro atoms. The molecule has 13 heavy (non-hydrogen) atoms. The maximum absolute atomic E-state index is 10.8. The van der Waals surface area contributed by atoms with Crippen LogP contribution in [-0.2, 0) is 27.2 Å². The largest absolute Gasteiger partial charge is 1.00 e. The van der Waals surface area contributed by atoms with Crippen LogP contribution in [0.5, 0.6) is 0 Å². The molecule has 0 rings (SSSR count). The van der Waals surface area contributed by atoms with Gasteiger partial charge >= 0.3 is 22.4 Å². The molecule has 0 radical (unpaired) electrons. The third-order valence-corrected chi connectivity index (χ3v) is 2.55. The van der Waals surface area contributed by atoms with Gasteiger partial charge in [-0.05, 0) is 18.8 Å². The van der Waals surface area contributed by atoms with Crippen molar-refractivity contribution in [1.82, 2.24) is 0 Å². The van der Waals surface area contributed by atoms with Gasteiger partial charge in [0.25, 0.3) is 0 Å². The molecule has 0 amide bonds. The first kappa shape index (κ1) is 15.7. The molecular weight excluding hydrogens is 260 g/mol. The van der Waals surface area contributed by atoms with Gasteiger partial charge in [-0.1, -0.05) is 34.1 Å². The van der Waals surface area contributed by atoms with Crippen molar-refractivity contribution >= 4 is 5.97 Å². The number of carboxylic acid groups (broad SMARTS) is 1. The van der Waals surface area contributed by atoms with Gasteiger partial charge in [0.15, 0.2) is 0 Å². The number of aliphatic carboxylic acids is 1. The van der Waals surface area contributed by atoms with E-state index in [-0.39, 0.29) is 22.4 Å². The summed E-state index contributed by atoms with van der Waals surface area (Å²) in [6.45, 7) is 7.87. The second kappa shape index (κ2) is 6.63. The van der Waals surface area contributed by atoms with E-state index in [1.165, 1.54) is 0 Å². The normalized spacial score (nSPS) is 14.8. The summed E-state index contributed by atoms with van der Waals surface area (Å²) in [6, 6.07) is 0. The van der Waals surface area contributed by atoms with Crippen LogP contribution in [0.1, 0.15) is 47.0 Å². The quantitative estimate of drug-likeness (QED) is 0.717. The second-order valence-electron chi connectivity index (χ2n) is 4.13. The van der Waals surface area contributed by atoms with E-state index in [1.54, 1.807) is 6.92 Å². The van der Waals surface area contributed by atoms with E-state index < -0.39 is 11.4 Å². The molecule has 1 atom stereocenters. The van der Waals surface area contributed by atoms with E-state index in [0.717, 1.165) is 12.8 Å². The van der Waals surface area contributed by atoms with Gasteiger partial charge in [0.2, 0.25) is 0 Å². The molecule has 0 aromatic heterocycles. The molecule has 2 nitrogen and oxygen atoms in total. The number of carboxylic acids is 1. The molecule has 0 aromatic rings. The van der Waals surface area contributed by atoms with Crippen molar-refractivity contribution in [3.63, 3.8) is 0 Å². The Bertz CT molecular complexity index is 157. The third-order valence-electron chi connectivity index (χ3n) is 2.55. The molecule has 0 saturated carbocycles. The summed E-state index contributed by atoms with van der Waals surface area (Å²) in [5, 5.41) is 10.8. The first-order valence-corrected chi connectivity index (χ1v) is 4.64. The Hall–Kier alpha value is 0.210. The number of carbonyl (C=O) groups excluding carboxylic acids is 1. The zero-order valence-corrected chi connectivity index (χ0v) is 10.3. The van der Waals surface area contributed by atoms with Crippen molar-refractivity contribution in [3.8, 4) is 0 Å². The maximum Gasteiger partial charge on any atom is 1.00 e. The summed E-state index contributed by atoms with van der Waals surface area (Å²) >= 11 is 0. The molecule has 0 heterocycles. The van der Waals surface area contributed by atoms with Gasteiger partial charge in [-0.15, -0.1) is 0 Å². The van der Waals surface area contributed by atoms with Crippen LogP contribution in [0, 0.1) is 11.3 Å². The van der Waals surface area contributed by atoms with Gasteiger partial charge in [-0.3, -0.25) is 0 Å². The van der Waals surface area contributed by atoms with E-state index >= 15 is 0 Å². The monoisotopic (exact) mass is 278 g/mol. The maximum atomic E-state index is 10.8. The number of rotatable bonds is 5. The number of hydrogen-bond donors (Lipinski definition) is 0. The summed E-state index contributed by atoms with van der Waals surface area (Å²) in [5.41, 5.74) is -0.621. The van der Waals surface area contributed by atoms with Crippen molar-refractivity contribution in [3.05, 3.63) is 0 Å². The Kier molecular flexibility index (Phi) is 8.00. The van der Waals surface area contributed by atoms with Gasteiger partial charge in [0.1, 0.15) is 0 Å². The third kappa shape index (κ3) is 5.50. The summed E-state index contributed by atoms with van der Waals surface area (Å²) in [5.74, 6) is -0.346. The van der Waals surface area contributed by atoms with Crippen LogP contribution in [0.2, 0.25) is 0 Å². The van der Waals surface area contributed by atoms with Crippen LogP contribution < -0.4 is 5.11 Å². The number of hydrogen-bond acceptors (Lipinski definition) is 2. The van der Waals surface area contributed by atoms with Gasteiger partial charge in [0.05, 0.1) is 0 Å². The summed E-state index contributed by atoms with van der Waals surface area (Å²) in [6.07, 6.45) is 2.34. The van der Waals surface area contributed by atoms with Crippen LogP contribution in [0.4, 0.5) is 0 Å². The zero-order chi connectivity index (χ0) is 9.78. The van der Waals surface area contributed by atoms with Crippen molar-refractivity contribution in [2.24, 2.45) is 11.3 Å². The first-order valence-electron chi connectivity index (χ1n) is 4.64. The molecule has 0 aromatic carbocycles. The van der Waals surface area contributed by atoms with Crippen LogP contribution in [-0.4, -0.2) is 5.97 Å². The molecule has 1 unspecified atom stereocenters. The van der Waals surface area contributed by atoms with Crippen LogP contribution in [0.3, 0.4) is 0 Å². The van der Waals surface area contributed by atoms with Crippen LogP contribution in [0.15, 0.2) is 0 Å². The van der Waals surface area contributed by atoms with E-state index in [1.807, 2.05) is 6.92 Å². The average Bonchev–Trinajstić information content (AvgIpc) is 1.99. The van der Waals surface area contributed by atoms with Crippen molar-refractivity contribution in [2.45, 2.75) is 47.0 Å². The van der Waals surface area contributed by atoms with Gasteiger partial charge in [-0.25, -0.2) is 0 Å². The smallest absolute Gasteiger partial charge is 0.550 e. The van der Waals surface area contributed by atoms with Crippen molar-refractivity contribution < 1.29 is 32.3 Å². The molecule has 0 aliphatic rings. The number of carbonyl (C=O) groups is 1. The van der Waals surface area contributed by atoms with Crippen LogP contribution >= 0.6 is 0 Å². The molecule has 3 heteroatoms. The molecule has 0 saturated heterocycles. The van der Waals surface area contributed by atoms with Crippen LogP contribution in [0.25, 0.3) is 0 Å². The average molecular weight is 279 g/mol. The molecule has 0 fully saturated rings. The van der Waals surface area contributed by atoms with E-state index in [0.29, 0.717) is 12.3 Å². The molecule has 0 N–H and O–H groups in total. The summed E-state index contributed by atoms with van der Waals surface area (Å²) in [7, 11) is 0. The van der Waals surface area contributed by atoms with Gasteiger partial charge in [0, 0.05) is 11.4 Å². The fraction of sp³-hybridized carbons (Fsp3) is 0.900. The minimum atomic E-state index is -0.911. The Morgan fingerprint density at radius 1 is 1.46 bits per heavy atom. The molecule has 0 aliphatic heterocycles. The Morgan fingerprint density at radius 2 is 1.92 bits per heavy atom. The van der Waals surface area contributed by atoms with Gasteiger partial charge < -0.3 is 9.90 Å². The molecule has 82 valence electrons. The van der Waals surface area contributed by atoms with E-state index in [4.69, 9.17) is 0 Å². The van der Waals surface area contributed by atoms with E-state index in [2.05, 4.69) is 13.8 Å². The molecule has 0 bridgehead atoms. The SMILES string of the molecule is CCC(C)(CCC(C)C)C(=O)[O-].[Ag+]. The predicted octanol–water partition coefficient (Wildman–Crippen LogP) is 1.59. The topological polar surface area (TPSA) is 40.1 Å². The predicted molar refractivity (Wildman–Crippen MR) is 47.5 cm³/mol. The van der Waals surface area contributed by atoms with Crippen molar-refractivity contribution in [1.29, 1.82) is 0 Å². The first-order chi connectivity index (χ1) is 5.42. The Balaban J connectivity index is 0. The fourth-order valence-electron chi connectivity index (χ4n) is 1.03. The van der Waals surface area contributed by atoms with E-state index in [9.17, 15) is 9.90 Å². The minimum Gasteiger partial charge on any atom is -0.550 e. The molecular formula is C10H19AgO2. The Labute approximate surface area is 96.6 Å². The Morgan fingerprint density at radius 3 is 2.15 bits per heavy atom. The summed E-state index contributed by atoms with van der Waals surface area (Å²) < 4.78 is 0. The summed E-state index contributed by atoms with van der Waals surface area (Å²) in [4.78, 5) is 10.8. The second-order valence-corrected chi connectivity index (χ2v) is 4.13. The van der Waals surface area contributed by atoms with Crippen molar-refractivity contribution in [2.75, 3.05) is 0 Å². The van der Waals surface area contributed by atoms with Gasteiger partial charge in [-0.2, -0.15) is 0 Å². The molecule has 0 aliphatic carbocycles. The fourth-order valence-corrected chi connectivity index (χ4v) is 1.03. The standard InChI is InChI=1S/C10H20O2.Ag/c1-5-10(4,9(11)12)7-6-8(2)3;/h8H,5-7H2,1-4H3,(H,11,12);/q;+1/p-1. The zero-order valence-electron chi connectivity index (χ0n) is 8.82. The minimum absolute atomic E-state index is 0.